The number of nitrogens with zero attached hydrogens (tertiary/aromatic N) is 1. The van der Waals surface area contributed by atoms with Crippen LogP contribution in [-0.2, 0) is 16.4 Å². The van der Waals surface area contributed by atoms with E-state index >= 15 is 0 Å². The van der Waals surface area contributed by atoms with Crippen LogP contribution >= 0.6 is 11.6 Å². The highest BCUT2D eigenvalue weighted by Gasteiger charge is 2.20. The predicted molar refractivity (Wildman–Crippen MR) is 109 cm³/mol. The SMILES string of the molecule is O=S(=O)(Nc1cccc(C2=NCCc3ccccc32)c1)c1ccc(F)cc1Cl. The molecule has 1 heterocycles. The lowest BCUT2D eigenvalue weighted by Crippen LogP contribution is -2.16. The number of rotatable bonds is 4. The van der Waals surface area contributed by atoms with Crippen molar-refractivity contribution in [2.45, 2.75) is 11.3 Å². The van der Waals surface area contributed by atoms with Gasteiger partial charge in [-0.05, 0) is 42.3 Å². The third kappa shape index (κ3) is 3.66. The van der Waals surface area contributed by atoms with Crippen LogP contribution in [0.15, 0.2) is 76.6 Å². The molecular weight excluding hydrogens is 399 g/mol. The molecule has 0 aliphatic carbocycles. The van der Waals surface area contributed by atoms with Gasteiger partial charge in [-0.2, -0.15) is 0 Å². The van der Waals surface area contributed by atoms with Gasteiger partial charge in [0.15, 0.2) is 0 Å². The van der Waals surface area contributed by atoms with Gasteiger partial charge in [0.05, 0.1) is 10.7 Å². The monoisotopic (exact) mass is 414 g/mol. The molecule has 0 spiro atoms. The summed E-state index contributed by atoms with van der Waals surface area (Å²) in [7, 11) is -3.96. The van der Waals surface area contributed by atoms with Crippen LogP contribution in [0, 0.1) is 5.82 Å². The lowest BCUT2D eigenvalue weighted by atomic mass is 9.93. The maximum atomic E-state index is 13.2. The topological polar surface area (TPSA) is 58.5 Å². The number of nitrogens with one attached hydrogen (secondary N) is 1. The lowest BCUT2D eigenvalue weighted by molar-refractivity contribution is 0.600. The Morgan fingerprint density at radius 2 is 1.82 bits per heavy atom. The van der Waals surface area contributed by atoms with Gasteiger partial charge in [-0.3, -0.25) is 9.71 Å². The van der Waals surface area contributed by atoms with E-state index < -0.39 is 15.8 Å². The summed E-state index contributed by atoms with van der Waals surface area (Å²) in [5.74, 6) is -0.597. The Bertz CT molecular complexity index is 1190. The molecule has 0 radical (unpaired) electrons. The van der Waals surface area contributed by atoms with E-state index in [1.807, 2.05) is 24.3 Å². The second-order valence-corrected chi connectivity index (χ2v) is 8.46. The minimum Gasteiger partial charge on any atom is -0.284 e. The average molecular weight is 415 g/mol. The first-order chi connectivity index (χ1) is 13.4. The average Bonchev–Trinajstić information content (AvgIpc) is 2.67. The number of hydrogen-bond acceptors (Lipinski definition) is 3. The van der Waals surface area contributed by atoms with Gasteiger partial charge in [0.25, 0.3) is 10.0 Å². The zero-order chi connectivity index (χ0) is 19.7. The summed E-state index contributed by atoms with van der Waals surface area (Å²) < 4.78 is 41.1. The Morgan fingerprint density at radius 1 is 1.00 bits per heavy atom. The molecule has 0 saturated carbocycles. The maximum Gasteiger partial charge on any atom is 0.263 e. The van der Waals surface area contributed by atoms with E-state index in [9.17, 15) is 12.8 Å². The van der Waals surface area contributed by atoms with Crippen molar-refractivity contribution in [1.82, 2.24) is 0 Å². The molecule has 7 heteroatoms. The molecule has 1 aliphatic heterocycles. The number of aliphatic imine (C=N–C) groups is 1. The molecule has 3 aromatic carbocycles. The molecule has 28 heavy (non-hydrogen) atoms. The number of halogens is 2. The van der Waals surface area contributed by atoms with Gasteiger partial charge in [0, 0.05) is 23.4 Å². The number of fused-ring (bicyclic) bond motifs is 1. The predicted octanol–water partition coefficient (Wildman–Crippen LogP) is 4.67. The highest BCUT2D eigenvalue weighted by Crippen LogP contribution is 2.26. The van der Waals surface area contributed by atoms with Crippen molar-refractivity contribution in [3.8, 4) is 0 Å². The third-order valence-electron chi connectivity index (χ3n) is 4.50. The Hall–Kier alpha value is -2.70. The Kier molecular flexibility index (Phi) is 4.91. The van der Waals surface area contributed by atoms with E-state index in [1.165, 1.54) is 5.56 Å². The van der Waals surface area contributed by atoms with E-state index in [1.54, 1.807) is 18.2 Å². The fraction of sp³-hybridized carbons (Fsp3) is 0.0952. The van der Waals surface area contributed by atoms with Crippen molar-refractivity contribution >= 4 is 33.0 Å². The first kappa shape index (κ1) is 18.7. The van der Waals surface area contributed by atoms with Crippen LogP contribution in [0.4, 0.5) is 10.1 Å². The molecule has 1 N–H and O–H groups in total. The van der Waals surface area contributed by atoms with Gasteiger partial charge in [0.1, 0.15) is 10.7 Å². The number of anilines is 1. The fourth-order valence-corrected chi connectivity index (χ4v) is 4.80. The van der Waals surface area contributed by atoms with E-state index in [0.717, 1.165) is 41.5 Å². The van der Waals surface area contributed by atoms with Crippen LogP contribution in [0.5, 0.6) is 0 Å². The van der Waals surface area contributed by atoms with Crippen LogP contribution in [0.25, 0.3) is 0 Å². The second-order valence-electron chi connectivity index (χ2n) is 6.40. The minimum absolute atomic E-state index is 0.172. The number of hydrogen-bond donors (Lipinski definition) is 1. The summed E-state index contributed by atoms with van der Waals surface area (Å²) in [6.45, 7) is 0.688. The standard InChI is InChI=1S/C21H16ClFN2O2S/c22-19-13-16(23)8-9-20(19)28(26,27)25-17-6-3-5-15(12-17)21-18-7-2-1-4-14(18)10-11-24-21/h1-9,12-13,25H,10-11H2. The van der Waals surface area contributed by atoms with Gasteiger partial charge in [-0.15, -0.1) is 0 Å². The Labute approximate surface area is 167 Å². The molecule has 0 aromatic heterocycles. The van der Waals surface area contributed by atoms with Crippen LogP contribution in [0.1, 0.15) is 16.7 Å². The first-order valence-corrected chi connectivity index (χ1v) is 10.5. The molecule has 0 amide bonds. The number of sulfonamides is 1. The maximum absolute atomic E-state index is 13.2. The summed E-state index contributed by atoms with van der Waals surface area (Å²) in [4.78, 5) is 4.46. The van der Waals surface area contributed by atoms with E-state index in [2.05, 4.69) is 15.8 Å². The summed E-state index contributed by atoms with van der Waals surface area (Å²) >= 11 is 5.91. The number of benzene rings is 3. The van der Waals surface area contributed by atoms with E-state index in [4.69, 9.17) is 11.6 Å². The molecule has 4 rings (SSSR count). The normalized spacial score (nSPS) is 13.6. The van der Waals surface area contributed by atoms with Gasteiger partial charge in [-0.1, -0.05) is 48.0 Å². The summed E-state index contributed by atoms with van der Waals surface area (Å²) in [6, 6.07) is 18.3. The van der Waals surface area contributed by atoms with Crippen molar-refractivity contribution in [3.63, 3.8) is 0 Å². The highest BCUT2D eigenvalue weighted by molar-refractivity contribution is 7.92. The van der Waals surface area contributed by atoms with Gasteiger partial charge in [-0.25, -0.2) is 12.8 Å². The molecule has 0 saturated heterocycles. The van der Waals surface area contributed by atoms with Crippen LogP contribution < -0.4 is 4.72 Å². The van der Waals surface area contributed by atoms with Crippen LogP contribution in [-0.4, -0.2) is 20.7 Å². The summed E-state index contributed by atoms with van der Waals surface area (Å²) in [5, 5.41) is -0.172. The van der Waals surface area contributed by atoms with Gasteiger partial charge < -0.3 is 0 Å². The smallest absolute Gasteiger partial charge is 0.263 e. The molecular formula is C21H16ClFN2O2S. The quantitative estimate of drug-likeness (QED) is 0.674. The molecule has 0 fully saturated rings. The van der Waals surface area contributed by atoms with Crippen molar-refractivity contribution in [1.29, 1.82) is 0 Å². The van der Waals surface area contributed by atoms with Crippen molar-refractivity contribution in [2.75, 3.05) is 11.3 Å². The lowest BCUT2D eigenvalue weighted by Gasteiger charge is -2.18. The van der Waals surface area contributed by atoms with Crippen LogP contribution in [0.2, 0.25) is 5.02 Å². The molecule has 0 atom stereocenters. The van der Waals surface area contributed by atoms with Gasteiger partial charge >= 0.3 is 0 Å². The Balaban J connectivity index is 1.67. The first-order valence-electron chi connectivity index (χ1n) is 8.65. The molecule has 3 aromatic rings. The highest BCUT2D eigenvalue weighted by atomic mass is 35.5. The second kappa shape index (κ2) is 7.37. The largest absolute Gasteiger partial charge is 0.284 e. The van der Waals surface area contributed by atoms with E-state index in [-0.39, 0.29) is 9.92 Å². The van der Waals surface area contributed by atoms with Crippen molar-refractivity contribution in [3.05, 3.63) is 94.3 Å². The molecule has 4 nitrogen and oxygen atoms in total. The molecule has 1 aliphatic rings. The third-order valence-corrected chi connectivity index (χ3v) is 6.36. The molecule has 0 bridgehead atoms. The van der Waals surface area contributed by atoms with Gasteiger partial charge in [0.2, 0.25) is 0 Å². The Morgan fingerprint density at radius 3 is 2.64 bits per heavy atom. The minimum atomic E-state index is -3.96. The van der Waals surface area contributed by atoms with Crippen molar-refractivity contribution < 1.29 is 12.8 Å². The zero-order valence-corrected chi connectivity index (χ0v) is 16.3. The molecule has 0 unspecified atom stereocenters. The zero-order valence-electron chi connectivity index (χ0n) is 14.7. The fourth-order valence-electron chi connectivity index (χ4n) is 3.22. The molecule has 142 valence electrons. The summed E-state index contributed by atoms with van der Waals surface area (Å²) in [5.41, 5.74) is 4.30. The van der Waals surface area contributed by atoms with Crippen molar-refractivity contribution in [2.24, 2.45) is 4.99 Å². The van der Waals surface area contributed by atoms with Crippen LogP contribution in [0.3, 0.4) is 0 Å². The van der Waals surface area contributed by atoms with E-state index in [0.29, 0.717) is 12.2 Å². The summed E-state index contributed by atoms with van der Waals surface area (Å²) in [6.07, 6.45) is 0.884.